The number of halogens is 4. The highest BCUT2D eigenvalue weighted by molar-refractivity contribution is 5.94. The molecule has 1 amide bonds. The Hall–Kier alpha value is -2.41. The summed E-state index contributed by atoms with van der Waals surface area (Å²) < 4.78 is 52.3. The van der Waals surface area contributed by atoms with Gasteiger partial charge in [-0.2, -0.15) is 0 Å². The van der Waals surface area contributed by atoms with Crippen molar-refractivity contribution in [1.29, 1.82) is 0 Å². The van der Waals surface area contributed by atoms with Gasteiger partial charge in [-0.1, -0.05) is 6.07 Å². The van der Waals surface area contributed by atoms with Gasteiger partial charge >= 0.3 is 0 Å². The Morgan fingerprint density at radius 3 is 2.27 bits per heavy atom. The topological polar surface area (TPSA) is 49.3 Å². The summed E-state index contributed by atoms with van der Waals surface area (Å²) >= 11 is 0. The molecular weight excluding hydrogens is 302 g/mol. The fourth-order valence-electron chi connectivity index (χ4n) is 1.88. The van der Waals surface area contributed by atoms with E-state index in [0.717, 1.165) is 12.1 Å². The van der Waals surface area contributed by atoms with Crippen molar-refractivity contribution in [1.82, 2.24) is 5.32 Å². The van der Waals surface area contributed by atoms with Crippen molar-refractivity contribution >= 4 is 5.91 Å². The molecule has 3 nitrogen and oxygen atoms in total. The Kier molecular flexibility index (Phi) is 4.77. The number of hydrogen-bond donors (Lipinski definition) is 2. The predicted molar refractivity (Wildman–Crippen MR) is 70.0 cm³/mol. The van der Waals surface area contributed by atoms with Crippen LogP contribution in [0.15, 0.2) is 36.4 Å². The van der Waals surface area contributed by atoms with Crippen LogP contribution in [-0.2, 0) is 0 Å². The number of hydrogen-bond acceptors (Lipinski definition) is 2. The molecule has 7 heteroatoms. The van der Waals surface area contributed by atoms with Gasteiger partial charge in [-0.05, 0) is 35.9 Å². The molecule has 0 saturated carbocycles. The summed E-state index contributed by atoms with van der Waals surface area (Å²) in [6, 6.07) is 4.94. The Balaban J connectivity index is 2.24. The number of carbonyl (C=O) groups is 1. The number of amides is 1. The van der Waals surface area contributed by atoms with Crippen molar-refractivity contribution in [3.8, 4) is 0 Å². The quantitative estimate of drug-likeness (QED) is 0.673. The molecule has 2 aromatic rings. The minimum absolute atomic E-state index is 0.0264. The summed E-state index contributed by atoms with van der Waals surface area (Å²) in [5.41, 5.74) is -0.176. The Bertz CT molecular complexity index is 683. The zero-order valence-corrected chi connectivity index (χ0v) is 11.1. The van der Waals surface area contributed by atoms with Crippen molar-refractivity contribution < 1.29 is 27.5 Å². The van der Waals surface area contributed by atoms with E-state index in [4.69, 9.17) is 0 Å². The van der Waals surface area contributed by atoms with E-state index in [9.17, 15) is 27.5 Å². The van der Waals surface area contributed by atoms with Crippen LogP contribution >= 0.6 is 0 Å². The van der Waals surface area contributed by atoms with Gasteiger partial charge in [-0.3, -0.25) is 4.79 Å². The fourth-order valence-corrected chi connectivity index (χ4v) is 1.88. The molecule has 2 N–H and O–H groups in total. The van der Waals surface area contributed by atoms with Gasteiger partial charge in [0.2, 0.25) is 0 Å². The minimum atomic E-state index is -1.64. The van der Waals surface area contributed by atoms with E-state index in [-0.39, 0.29) is 11.1 Å². The molecule has 2 aromatic carbocycles. The zero-order valence-electron chi connectivity index (χ0n) is 11.1. The van der Waals surface area contributed by atoms with E-state index in [2.05, 4.69) is 5.32 Å². The number of benzene rings is 2. The molecule has 0 fully saturated rings. The van der Waals surface area contributed by atoms with Crippen molar-refractivity contribution in [2.24, 2.45) is 0 Å². The van der Waals surface area contributed by atoms with E-state index in [1.54, 1.807) is 0 Å². The highest BCUT2D eigenvalue weighted by Crippen LogP contribution is 2.19. The van der Waals surface area contributed by atoms with Crippen LogP contribution in [0.1, 0.15) is 22.0 Å². The largest absolute Gasteiger partial charge is 0.394 e. The molecule has 0 spiro atoms. The second-order valence-corrected chi connectivity index (χ2v) is 4.52. The lowest BCUT2D eigenvalue weighted by Crippen LogP contribution is -2.31. The molecular formula is C15H11F4NO2. The molecule has 1 unspecified atom stereocenters. The molecule has 0 aliphatic heterocycles. The standard InChI is InChI=1S/C15H11F4NO2/c16-10-3-1-2-8(4-10)15(22)20-13(7-21)9-5-11(17)14(19)12(18)6-9/h1-6,13,21H,7H2,(H,20,22). The molecule has 1 atom stereocenters. The molecule has 0 aromatic heterocycles. The predicted octanol–water partition coefficient (Wildman–Crippen LogP) is 2.71. The third-order valence-corrected chi connectivity index (χ3v) is 2.98. The maximum Gasteiger partial charge on any atom is 0.251 e. The number of rotatable bonds is 4. The lowest BCUT2D eigenvalue weighted by molar-refractivity contribution is 0.0915. The maximum atomic E-state index is 13.2. The number of carbonyl (C=O) groups excluding carboxylic acids is 1. The second kappa shape index (κ2) is 6.57. The third kappa shape index (κ3) is 3.43. The van der Waals surface area contributed by atoms with Crippen LogP contribution < -0.4 is 5.32 Å². The number of nitrogens with one attached hydrogen (secondary N) is 1. The van der Waals surface area contributed by atoms with Gasteiger partial charge in [0.1, 0.15) is 5.82 Å². The van der Waals surface area contributed by atoms with Gasteiger partial charge in [0.15, 0.2) is 17.5 Å². The lowest BCUT2D eigenvalue weighted by Gasteiger charge is -2.17. The molecule has 116 valence electrons. The van der Waals surface area contributed by atoms with E-state index in [0.29, 0.717) is 12.1 Å². The van der Waals surface area contributed by atoms with E-state index < -0.39 is 41.8 Å². The number of aliphatic hydroxyl groups excluding tert-OH is 1. The molecule has 22 heavy (non-hydrogen) atoms. The summed E-state index contributed by atoms with van der Waals surface area (Å²) in [6.07, 6.45) is 0. The Morgan fingerprint density at radius 1 is 1.09 bits per heavy atom. The van der Waals surface area contributed by atoms with Crippen molar-refractivity contribution in [3.05, 3.63) is 70.8 Å². The normalized spacial score (nSPS) is 12.0. The number of aliphatic hydroxyl groups is 1. The molecule has 2 rings (SSSR count). The van der Waals surface area contributed by atoms with Gasteiger partial charge in [-0.15, -0.1) is 0 Å². The van der Waals surface area contributed by atoms with Crippen LogP contribution in [0, 0.1) is 23.3 Å². The first-order valence-corrected chi connectivity index (χ1v) is 6.24. The third-order valence-electron chi connectivity index (χ3n) is 2.98. The van der Waals surface area contributed by atoms with Crippen molar-refractivity contribution in [2.75, 3.05) is 6.61 Å². The van der Waals surface area contributed by atoms with Crippen LogP contribution in [0.4, 0.5) is 17.6 Å². The highest BCUT2D eigenvalue weighted by Gasteiger charge is 2.19. The summed E-state index contributed by atoms with van der Waals surface area (Å²) in [5.74, 6) is -5.89. The van der Waals surface area contributed by atoms with Crippen molar-refractivity contribution in [2.45, 2.75) is 6.04 Å². The smallest absolute Gasteiger partial charge is 0.251 e. The maximum absolute atomic E-state index is 13.2. The summed E-state index contributed by atoms with van der Waals surface area (Å²) in [7, 11) is 0. The molecule has 0 heterocycles. The van der Waals surface area contributed by atoms with Crippen LogP contribution in [-0.4, -0.2) is 17.6 Å². The van der Waals surface area contributed by atoms with Gasteiger partial charge in [0.25, 0.3) is 5.91 Å². The summed E-state index contributed by atoms with van der Waals surface area (Å²) in [4.78, 5) is 11.9. The van der Waals surface area contributed by atoms with Crippen LogP contribution in [0.3, 0.4) is 0 Å². The van der Waals surface area contributed by atoms with E-state index in [1.807, 2.05) is 0 Å². The Morgan fingerprint density at radius 2 is 1.73 bits per heavy atom. The SMILES string of the molecule is O=C(NC(CO)c1cc(F)c(F)c(F)c1)c1cccc(F)c1. The fraction of sp³-hybridized carbons (Fsp3) is 0.133. The van der Waals surface area contributed by atoms with E-state index in [1.165, 1.54) is 12.1 Å². The summed E-state index contributed by atoms with van der Waals surface area (Å²) in [5, 5.41) is 11.5. The zero-order chi connectivity index (χ0) is 16.3. The van der Waals surface area contributed by atoms with Gasteiger partial charge < -0.3 is 10.4 Å². The van der Waals surface area contributed by atoms with Gasteiger partial charge in [0, 0.05) is 5.56 Å². The average Bonchev–Trinajstić information content (AvgIpc) is 2.49. The molecule has 0 saturated heterocycles. The van der Waals surface area contributed by atoms with Crippen LogP contribution in [0.25, 0.3) is 0 Å². The van der Waals surface area contributed by atoms with Crippen LogP contribution in [0.2, 0.25) is 0 Å². The van der Waals surface area contributed by atoms with E-state index >= 15 is 0 Å². The summed E-state index contributed by atoms with van der Waals surface area (Å²) in [6.45, 7) is -0.675. The molecule has 0 bridgehead atoms. The average molecular weight is 313 g/mol. The monoisotopic (exact) mass is 313 g/mol. The lowest BCUT2D eigenvalue weighted by atomic mass is 10.1. The van der Waals surface area contributed by atoms with Crippen molar-refractivity contribution in [3.63, 3.8) is 0 Å². The Labute approximate surface area is 123 Å². The first kappa shape index (κ1) is 16.0. The minimum Gasteiger partial charge on any atom is -0.394 e. The molecule has 0 aliphatic rings. The van der Waals surface area contributed by atoms with Crippen LogP contribution in [0.5, 0.6) is 0 Å². The second-order valence-electron chi connectivity index (χ2n) is 4.52. The van der Waals surface area contributed by atoms with Gasteiger partial charge in [0.05, 0.1) is 12.6 Å². The van der Waals surface area contributed by atoms with Gasteiger partial charge in [-0.25, -0.2) is 17.6 Å². The molecule has 0 radical (unpaired) electrons. The molecule has 0 aliphatic carbocycles. The first-order chi connectivity index (χ1) is 10.4. The first-order valence-electron chi connectivity index (χ1n) is 6.24. The highest BCUT2D eigenvalue weighted by atomic mass is 19.2.